The first-order chi connectivity index (χ1) is 19.2. The van der Waals surface area contributed by atoms with Crippen molar-refractivity contribution < 1.29 is 18.3 Å². The highest BCUT2D eigenvalue weighted by Gasteiger charge is 2.49. The number of rotatable bonds is 7. The summed E-state index contributed by atoms with van der Waals surface area (Å²) in [7, 11) is 1.72. The first-order valence-corrected chi connectivity index (χ1v) is 14.2. The van der Waals surface area contributed by atoms with E-state index in [1.54, 1.807) is 7.11 Å². The van der Waals surface area contributed by atoms with Crippen molar-refractivity contribution in [3.8, 4) is 11.8 Å². The highest BCUT2D eigenvalue weighted by Crippen LogP contribution is 2.57. The third kappa shape index (κ3) is 4.96. The molecule has 210 valence electrons. The number of methoxy groups -OCH3 is 1. The van der Waals surface area contributed by atoms with E-state index in [0.717, 1.165) is 66.7 Å². The van der Waals surface area contributed by atoms with E-state index in [2.05, 4.69) is 40.3 Å². The van der Waals surface area contributed by atoms with Crippen molar-refractivity contribution in [3.63, 3.8) is 0 Å². The number of amides is 1. The normalized spacial score (nSPS) is 22.4. The number of piperidine rings is 1. The Morgan fingerprint density at radius 2 is 1.93 bits per heavy atom. The van der Waals surface area contributed by atoms with Gasteiger partial charge in [-0.2, -0.15) is 5.26 Å². The summed E-state index contributed by atoms with van der Waals surface area (Å²) in [6.07, 6.45) is 5.59. The van der Waals surface area contributed by atoms with Crippen LogP contribution in [-0.4, -0.2) is 41.9 Å². The van der Waals surface area contributed by atoms with Crippen molar-refractivity contribution in [3.05, 3.63) is 64.8 Å². The summed E-state index contributed by atoms with van der Waals surface area (Å²) in [5, 5.41) is 13.4. The van der Waals surface area contributed by atoms with E-state index in [-0.39, 0.29) is 48.6 Å². The molecule has 3 fully saturated rings. The number of likely N-dealkylation sites (tertiary alicyclic amines) is 1. The highest BCUT2D eigenvalue weighted by molar-refractivity contribution is 5.94. The summed E-state index contributed by atoms with van der Waals surface area (Å²) in [6.45, 7) is 4.01. The quantitative estimate of drug-likeness (QED) is 0.354. The number of fused-ring (bicyclic) bond motifs is 1. The number of carbonyl (C=O) groups is 1. The molecular formula is C32H36F2N4O2. The van der Waals surface area contributed by atoms with E-state index in [4.69, 9.17) is 4.74 Å². The molecule has 40 heavy (non-hydrogen) atoms. The number of hydrogen-bond acceptors (Lipinski definition) is 4. The molecule has 6 nitrogen and oxygen atoms in total. The standard InChI is InChI=1S/C32H36F2N4O2/c1-20-11-28(40-2)26(25-7-9-36-29(20)25)19-38-10-8-31(12-21(13-31)17-35)16-27(38)23-3-5-24(6-4-23)30(39)37-18-22-14-32(33,34)15-22/h3-7,9,11,21-22,27,36H,8,10,12-16,18-19H2,1-2H3,(H,37,39). The van der Waals surface area contributed by atoms with Crippen molar-refractivity contribution in [2.45, 2.75) is 64.0 Å². The fourth-order valence-corrected chi connectivity index (χ4v) is 7.25. The number of alkyl halides is 2. The van der Waals surface area contributed by atoms with E-state index in [1.165, 1.54) is 5.39 Å². The van der Waals surface area contributed by atoms with Gasteiger partial charge >= 0.3 is 0 Å². The van der Waals surface area contributed by atoms with Gasteiger partial charge in [-0.05, 0) is 85.9 Å². The molecule has 2 saturated carbocycles. The van der Waals surface area contributed by atoms with Gasteiger partial charge in [0.15, 0.2) is 0 Å². The lowest BCUT2D eigenvalue weighted by Crippen LogP contribution is -2.48. The van der Waals surface area contributed by atoms with Crippen molar-refractivity contribution >= 4 is 16.8 Å². The van der Waals surface area contributed by atoms with E-state index in [0.29, 0.717) is 5.56 Å². The van der Waals surface area contributed by atoms with Crippen LogP contribution in [-0.2, 0) is 6.54 Å². The molecule has 6 rings (SSSR count). The lowest BCUT2D eigenvalue weighted by Gasteiger charge is -2.53. The molecule has 2 aromatic carbocycles. The average Bonchev–Trinajstić information content (AvgIpc) is 3.42. The zero-order valence-electron chi connectivity index (χ0n) is 23.1. The molecule has 2 aliphatic carbocycles. The Hall–Kier alpha value is -3.44. The van der Waals surface area contributed by atoms with E-state index in [9.17, 15) is 18.8 Å². The third-order valence-corrected chi connectivity index (χ3v) is 9.51. The molecule has 0 radical (unpaired) electrons. The molecule has 1 amide bonds. The first-order valence-electron chi connectivity index (χ1n) is 14.2. The van der Waals surface area contributed by atoms with Crippen LogP contribution in [0.25, 0.3) is 10.9 Å². The van der Waals surface area contributed by atoms with Gasteiger partial charge in [-0.3, -0.25) is 9.69 Å². The van der Waals surface area contributed by atoms with Gasteiger partial charge in [0, 0.05) is 66.1 Å². The molecule has 8 heteroatoms. The average molecular weight is 547 g/mol. The number of nitrogens with zero attached hydrogens (tertiary/aromatic N) is 2. The minimum atomic E-state index is -2.58. The predicted octanol–water partition coefficient (Wildman–Crippen LogP) is 6.52. The Balaban J connectivity index is 1.23. The van der Waals surface area contributed by atoms with Gasteiger partial charge in [0.05, 0.1) is 13.2 Å². The number of benzene rings is 2. The van der Waals surface area contributed by atoms with Crippen LogP contribution in [0, 0.1) is 35.5 Å². The highest BCUT2D eigenvalue weighted by atomic mass is 19.3. The number of hydrogen-bond donors (Lipinski definition) is 2. The van der Waals surface area contributed by atoms with Crippen LogP contribution in [0.4, 0.5) is 8.78 Å². The fourth-order valence-electron chi connectivity index (χ4n) is 7.25. The molecule has 3 aliphatic rings. The van der Waals surface area contributed by atoms with Gasteiger partial charge in [-0.15, -0.1) is 0 Å². The molecule has 3 aromatic rings. The van der Waals surface area contributed by atoms with Crippen LogP contribution < -0.4 is 10.1 Å². The number of halogens is 2. The summed E-state index contributed by atoms with van der Waals surface area (Å²) < 4.78 is 32.1. The number of nitriles is 1. The summed E-state index contributed by atoms with van der Waals surface area (Å²) in [5.74, 6) is -1.94. The topological polar surface area (TPSA) is 81.2 Å². The van der Waals surface area contributed by atoms with Crippen LogP contribution in [0.2, 0.25) is 0 Å². The minimum Gasteiger partial charge on any atom is -0.496 e. The molecule has 0 bridgehead atoms. The summed E-state index contributed by atoms with van der Waals surface area (Å²) >= 11 is 0. The second kappa shape index (κ2) is 10.2. The maximum atomic E-state index is 13.1. The van der Waals surface area contributed by atoms with E-state index >= 15 is 0 Å². The Morgan fingerprint density at radius 1 is 1.18 bits per heavy atom. The minimum absolute atomic E-state index is 0.141. The zero-order valence-corrected chi connectivity index (χ0v) is 23.1. The molecule has 1 aromatic heterocycles. The lowest BCUT2D eigenvalue weighted by atomic mass is 9.56. The molecule has 2 N–H and O–H groups in total. The molecule has 1 aliphatic heterocycles. The number of aryl methyl sites for hydroxylation is 1. The molecular weight excluding hydrogens is 510 g/mol. The summed E-state index contributed by atoms with van der Waals surface area (Å²) in [6, 6.07) is 14.5. The smallest absolute Gasteiger partial charge is 0.251 e. The second-order valence-corrected chi connectivity index (χ2v) is 12.3. The van der Waals surface area contributed by atoms with Gasteiger partial charge < -0.3 is 15.0 Å². The lowest BCUT2D eigenvalue weighted by molar-refractivity contribution is -0.108. The van der Waals surface area contributed by atoms with Crippen molar-refractivity contribution in [1.82, 2.24) is 15.2 Å². The van der Waals surface area contributed by atoms with Gasteiger partial charge in [0.1, 0.15) is 5.75 Å². The Labute approximate surface area is 233 Å². The third-order valence-electron chi connectivity index (χ3n) is 9.51. The first kappa shape index (κ1) is 26.8. The van der Waals surface area contributed by atoms with Crippen LogP contribution in [0.5, 0.6) is 5.75 Å². The van der Waals surface area contributed by atoms with Gasteiger partial charge in [-0.1, -0.05) is 12.1 Å². The molecule has 2 heterocycles. The number of H-pyrrole nitrogens is 1. The second-order valence-electron chi connectivity index (χ2n) is 12.3. The van der Waals surface area contributed by atoms with Crippen molar-refractivity contribution in [2.24, 2.45) is 17.3 Å². The molecule has 1 spiro atoms. The number of carbonyl (C=O) groups excluding carboxylic acids is 1. The number of ether oxygens (including phenoxy) is 1. The van der Waals surface area contributed by atoms with E-state index < -0.39 is 5.92 Å². The Morgan fingerprint density at radius 3 is 2.60 bits per heavy atom. The summed E-state index contributed by atoms with van der Waals surface area (Å²) in [4.78, 5) is 18.6. The van der Waals surface area contributed by atoms with Crippen molar-refractivity contribution in [2.75, 3.05) is 20.2 Å². The maximum Gasteiger partial charge on any atom is 0.251 e. The summed E-state index contributed by atoms with van der Waals surface area (Å²) in [5.41, 5.74) is 5.29. The SMILES string of the molecule is COc1cc(C)c2[nH]ccc2c1CN1CCC2(CC(C#N)C2)CC1c1ccc(C(=O)NCC2CC(F)(F)C2)cc1. The molecule has 1 unspecified atom stereocenters. The Kier molecular flexibility index (Phi) is 6.82. The fraction of sp³-hybridized carbons (Fsp3) is 0.500. The number of aromatic nitrogens is 1. The van der Waals surface area contributed by atoms with Crippen molar-refractivity contribution in [1.29, 1.82) is 5.26 Å². The van der Waals surface area contributed by atoms with Crippen LogP contribution in [0.1, 0.15) is 71.6 Å². The maximum absolute atomic E-state index is 13.1. The number of aromatic amines is 1. The van der Waals surface area contributed by atoms with E-state index in [1.807, 2.05) is 30.5 Å². The van der Waals surface area contributed by atoms with Crippen LogP contribution >= 0.6 is 0 Å². The van der Waals surface area contributed by atoms with Gasteiger partial charge in [-0.25, -0.2) is 8.78 Å². The monoisotopic (exact) mass is 546 g/mol. The molecule has 1 atom stereocenters. The predicted molar refractivity (Wildman–Crippen MR) is 149 cm³/mol. The van der Waals surface area contributed by atoms with Crippen LogP contribution in [0.15, 0.2) is 42.6 Å². The molecule has 1 saturated heterocycles. The van der Waals surface area contributed by atoms with Gasteiger partial charge in [0.25, 0.3) is 5.91 Å². The van der Waals surface area contributed by atoms with Crippen LogP contribution in [0.3, 0.4) is 0 Å². The largest absolute Gasteiger partial charge is 0.496 e. The zero-order chi connectivity index (χ0) is 28.1. The Bertz CT molecular complexity index is 1440. The van der Waals surface area contributed by atoms with Gasteiger partial charge in [0.2, 0.25) is 5.92 Å². The number of nitrogens with one attached hydrogen (secondary N) is 2.